The molecule has 0 spiro atoms. The van der Waals surface area contributed by atoms with Gasteiger partial charge in [0.1, 0.15) is 5.75 Å². The third-order valence-electron chi connectivity index (χ3n) is 2.91. The molecule has 0 aliphatic carbocycles. The van der Waals surface area contributed by atoms with E-state index in [4.69, 9.17) is 4.74 Å². The Bertz CT molecular complexity index is 658. The first-order chi connectivity index (χ1) is 8.86. The van der Waals surface area contributed by atoms with E-state index in [0.717, 1.165) is 23.5 Å². The molecule has 90 valence electrons. The molecule has 2 heterocycles. The quantitative estimate of drug-likeness (QED) is 0.705. The lowest BCUT2D eigenvalue weighted by molar-refractivity contribution is 0.414. The van der Waals surface area contributed by atoms with Crippen LogP contribution in [0.3, 0.4) is 0 Å². The standard InChI is InChI=1S/C14H13N3O/c1-18-12-6-4-11(5-7-12)9-17-10-16-14-13(17)3-2-8-15-14/h2-8,10H,9H2,1H3. The second-order valence-corrected chi connectivity index (χ2v) is 4.07. The van der Waals surface area contributed by atoms with Gasteiger partial charge in [0.25, 0.3) is 0 Å². The molecule has 4 nitrogen and oxygen atoms in total. The molecule has 4 heteroatoms. The molecule has 2 aromatic heterocycles. The Morgan fingerprint density at radius 1 is 1.11 bits per heavy atom. The molecule has 0 saturated carbocycles. The van der Waals surface area contributed by atoms with Gasteiger partial charge < -0.3 is 9.30 Å². The summed E-state index contributed by atoms with van der Waals surface area (Å²) in [6.45, 7) is 0.784. The first-order valence-corrected chi connectivity index (χ1v) is 5.75. The Kier molecular flexibility index (Phi) is 2.68. The Labute approximate surface area is 105 Å². The van der Waals surface area contributed by atoms with E-state index in [1.165, 1.54) is 5.56 Å². The Morgan fingerprint density at radius 3 is 2.72 bits per heavy atom. The Hall–Kier alpha value is -2.36. The lowest BCUT2D eigenvalue weighted by Crippen LogP contribution is -1.97. The zero-order valence-corrected chi connectivity index (χ0v) is 10.1. The summed E-state index contributed by atoms with van der Waals surface area (Å²) >= 11 is 0. The van der Waals surface area contributed by atoms with Crippen LogP contribution in [0.4, 0.5) is 0 Å². The topological polar surface area (TPSA) is 39.9 Å². The fraction of sp³-hybridized carbons (Fsp3) is 0.143. The van der Waals surface area contributed by atoms with Crippen LogP contribution in [-0.2, 0) is 6.54 Å². The molecular formula is C14H13N3O. The summed E-state index contributed by atoms with van der Waals surface area (Å²) in [5.41, 5.74) is 3.04. The number of fused-ring (bicyclic) bond motifs is 1. The molecule has 0 fully saturated rings. The van der Waals surface area contributed by atoms with Crippen molar-refractivity contribution in [1.29, 1.82) is 0 Å². The molecule has 3 aromatic rings. The normalized spacial score (nSPS) is 10.7. The van der Waals surface area contributed by atoms with Gasteiger partial charge in [0, 0.05) is 12.7 Å². The van der Waals surface area contributed by atoms with Gasteiger partial charge >= 0.3 is 0 Å². The van der Waals surface area contributed by atoms with Gasteiger partial charge in [-0.05, 0) is 29.8 Å². The van der Waals surface area contributed by atoms with Gasteiger partial charge in [0.2, 0.25) is 0 Å². The maximum Gasteiger partial charge on any atom is 0.177 e. The van der Waals surface area contributed by atoms with Crippen LogP contribution in [0.1, 0.15) is 5.56 Å². The summed E-state index contributed by atoms with van der Waals surface area (Å²) < 4.78 is 7.23. The van der Waals surface area contributed by atoms with Crippen LogP contribution in [-0.4, -0.2) is 21.6 Å². The number of benzene rings is 1. The highest BCUT2D eigenvalue weighted by Gasteiger charge is 2.03. The van der Waals surface area contributed by atoms with E-state index in [1.54, 1.807) is 13.3 Å². The minimum absolute atomic E-state index is 0.783. The van der Waals surface area contributed by atoms with Crippen molar-refractivity contribution in [3.05, 3.63) is 54.5 Å². The van der Waals surface area contributed by atoms with E-state index < -0.39 is 0 Å². The van der Waals surface area contributed by atoms with E-state index >= 15 is 0 Å². The number of methoxy groups -OCH3 is 1. The first kappa shape index (κ1) is 10.8. The lowest BCUT2D eigenvalue weighted by atomic mass is 10.2. The van der Waals surface area contributed by atoms with Gasteiger partial charge in [0.15, 0.2) is 5.65 Å². The molecule has 0 atom stereocenters. The highest BCUT2D eigenvalue weighted by molar-refractivity contribution is 5.70. The minimum Gasteiger partial charge on any atom is -0.497 e. The van der Waals surface area contributed by atoms with Crippen LogP contribution in [0.15, 0.2) is 48.9 Å². The van der Waals surface area contributed by atoms with Crippen molar-refractivity contribution in [1.82, 2.24) is 14.5 Å². The predicted octanol–water partition coefficient (Wildman–Crippen LogP) is 2.49. The molecule has 0 aliphatic rings. The van der Waals surface area contributed by atoms with Gasteiger partial charge in [-0.3, -0.25) is 0 Å². The zero-order chi connectivity index (χ0) is 12.4. The SMILES string of the molecule is COc1ccc(Cn2cnc3ncccc32)cc1. The minimum atomic E-state index is 0.783. The van der Waals surface area contributed by atoms with Crippen LogP contribution in [0.2, 0.25) is 0 Å². The molecule has 0 unspecified atom stereocenters. The van der Waals surface area contributed by atoms with E-state index in [0.29, 0.717) is 0 Å². The molecule has 0 aliphatic heterocycles. The highest BCUT2D eigenvalue weighted by Crippen LogP contribution is 2.15. The average Bonchev–Trinajstić information content (AvgIpc) is 2.83. The average molecular weight is 239 g/mol. The highest BCUT2D eigenvalue weighted by atomic mass is 16.5. The van der Waals surface area contributed by atoms with Gasteiger partial charge in [-0.1, -0.05) is 12.1 Å². The fourth-order valence-corrected chi connectivity index (χ4v) is 1.95. The van der Waals surface area contributed by atoms with E-state index in [9.17, 15) is 0 Å². The molecule has 0 radical (unpaired) electrons. The van der Waals surface area contributed by atoms with Crippen molar-refractivity contribution < 1.29 is 4.74 Å². The van der Waals surface area contributed by atoms with Gasteiger partial charge in [-0.2, -0.15) is 0 Å². The largest absolute Gasteiger partial charge is 0.497 e. The van der Waals surface area contributed by atoms with Crippen molar-refractivity contribution >= 4 is 11.2 Å². The number of imidazole rings is 1. The fourth-order valence-electron chi connectivity index (χ4n) is 1.95. The summed E-state index contributed by atoms with van der Waals surface area (Å²) in [6.07, 6.45) is 3.58. The number of nitrogens with zero attached hydrogens (tertiary/aromatic N) is 3. The molecule has 0 bridgehead atoms. The predicted molar refractivity (Wildman–Crippen MR) is 69.6 cm³/mol. The molecule has 1 aromatic carbocycles. The van der Waals surface area contributed by atoms with Crippen molar-refractivity contribution in [2.75, 3.05) is 7.11 Å². The van der Waals surface area contributed by atoms with Crippen molar-refractivity contribution in [2.45, 2.75) is 6.54 Å². The number of rotatable bonds is 3. The molecule has 0 N–H and O–H groups in total. The number of pyridine rings is 1. The van der Waals surface area contributed by atoms with Crippen LogP contribution in [0.5, 0.6) is 5.75 Å². The first-order valence-electron chi connectivity index (χ1n) is 5.75. The summed E-state index contributed by atoms with van der Waals surface area (Å²) in [6, 6.07) is 12.0. The maximum atomic E-state index is 5.15. The second-order valence-electron chi connectivity index (χ2n) is 4.07. The third kappa shape index (κ3) is 1.93. The van der Waals surface area contributed by atoms with Crippen LogP contribution < -0.4 is 4.74 Å². The number of ether oxygens (including phenoxy) is 1. The van der Waals surface area contributed by atoms with Gasteiger partial charge in [-0.25, -0.2) is 9.97 Å². The summed E-state index contributed by atoms with van der Waals surface area (Å²) in [5, 5.41) is 0. The smallest absolute Gasteiger partial charge is 0.177 e. The number of hydrogen-bond donors (Lipinski definition) is 0. The van der Waals surface area contributed by atoms with Crippen LogP contribution in [0, 0.1) is 0 Å². The number of hydrogen-bond acceptors (Lipinski definition) is 3. The van der Waals surface area contributed by atoms with Crippen molar-refractivity contribution in [2.24, 2.45) is 0 Å². The lowest BCUT2D eigenvalue weighted by Gasteiger charge is -2.05. The summed E-state index contributed by atoms with van der Waals surface area (Å²) in [7, 11) is 1.67. The van der Waals surface area contributed by atoms with E-state index in [1.807, 2.05) is 30.6 Å². The maximum absolute atomic E-state index is 5.15. The Morgan fingerprint density at radius 2 is 1.94 bits per heavy atom. The zero-order valence-electron chi connectivity index (χ0n) is 10.1. The third-order valence-corrected chi connectivity index (χ3v) is 2.91. The van der Waals surface area contributed by atoms with Crippen molar-refractivity contribution in [3.63, 3.8) is 0 Å². The van der Waals surface area contributed by atoms with E-state index in [2.05, 4.69) is 26.7 Å². The van der Waals surface area contributed by atoms with Crippen molar-refractivity contribution in [3.8, 4) is 5.75 Å². The molecule has 3 rings (SSSR count). The second kappa shape index (κ2) is 4.49. The molecular weight excluding hydrogens is 226 g/mol. The van der Waals surface area contributed by atoms with Gasteiger partial charge in [-0.15, -0.1) is 0 Å². The number of aromatic nitrogens is 3. The van der Waals surface area contributed by atoms with Crippen LogP contribution >= 0.6 is 0 Å². The van der Waals surface area contributed by atoms with Crippen LogP contribution in [0.25, 0.3) is 11.2 Å². The molecule has 18 heavy (non-hydrogen) atoms. The summed E-state index contributed by atoms with van der Waals surface area (Å²) in [4.78, 5) is 8.49. The Balaban J connectivity index is 1.91. The summed E-state index contributed by atoms with van der Waals surface area (Å²) in [5.74, 6) is 0.871. The van der Waals surface area contributed by atoms with Gasteiger partial charge in [0.05, 0.1) is 19.0 Å². The monoisotopic (exact) mass is 239 g/mol. The molecule has 0 saturated heterocycles. The van der Waals surface area contributed by atoms with E-state index in [-0.39, 0.29) is 0 Å². The molecule has 0 amide bonds.